The Labute approximate surface area is 118 Å². The minimum atomic E-state index is -4.65. The van der Waals surface area contributed by atoms with E-state index in [0.29, 0.717) is 26.4 Å². The molecule has 1 aliphatic heterocycles. The summed E-state index contributed by atoms with van der Waals surface area (Å²) < 4.78 is 49.4. The van der Waals surface area contributed by atoms with E-state index in [-0.39, 0.29) is 32.0 Å². The monoisotopic (exact) mass is 313 g/mol. The van der Waals surface area contributed by atoms with E-state index in [2.05, 4.69) is 0 Å². The molecule has 1 heterocycles. The number of halogens is 1. The highest BCUT2D eigenvalue weighted by Crippen LogP contribution is 2.19. The van der Waals surface area contributed by atoms with Crippen LogP contribution >= 0.6 is 0 Å². The van der Waals surface area contributed by atoms with E-state index in [9.17, 15) is 17.1 Å². The fourth-order valence-corrected chi connectivity index (χ4v) is 2.48. The van der Waals surface area contributed by atoms with Crippen molar-refractivity contribution in [3.05, 3.63) is 0 Å². The van der Waals surface area contributed by atoms with Crippen LogP contribution in [0.25, 0.3) is 0 Å². The van der Waals surface area contributed by atoms with Gasteiger partial charge in [0.15, 0.2) is 0 Å². The van der Waals surface area contributed by atoms with E-state index >= 15 is 0 Å². The quantitative estimate of drug-likeness (QED) is 0.402. The lowest BCUT2D eigenvalue weighted by Crippen LogP contribution is -2.30. The molecule has 1 rings (SSSR count). The van der Waals surface area contributed by atoms with Crippen molar-refractivity contribution in [3.8, 4) is 0 Å². The first-order valence-corrected chi connectivity index (χ1v) is 7.75. The first-order valence-electron chi connectivity index (χ1n) is 6.31. The van der Waals surface area contributed by atoms with Gasteiger partial charge in [0, 0.05) is 26.6 Å². The van der Waals surface area contributed by atoms with Crippen molar-refractivity contribution in [2.75, 3.05) is 53.2 Å². The lowest BCUT2D eigenvalue weighted by molar-refractivity contribution is -0.128. The standard InChI is InChI=1S/C11H20FNO6S/c1-17-4-5-19-7-6-18-3-2-13-9-10(8-11(13)14)20(12,15)16/h10H,2-9H2,1H3. The maximum Gasteiger partial charge on any atom is 0.307 e. The number of nitrogens with zero attached hydrogens (tertiary/aromatic N) is 1. The van der Waals surface area contributed by atoms with Gasteiger partial charge in [-0.25, -0.2) is 0 Å². The van der Waals surface area contributed by atoms with Crippen LogP contribution in [0.5, 0.6) is 0 Å². The van der Waals surface area contributed by atoms with Gasteiger partial charge < -0.3 is 19.1 Å². The van der Waals surface area contributed by atoms with E-state index < -0.39 is 15.5 Å². The van der Waals surface area contributed by atoms with Crippen LogP contribution in [0.1, 0.15) is 6.42 Å². The Hall–Kier alpha value is -0.770. The third-order valence-corrected chi connectivity index (χ3v) is 4.00. The Morgan fingerprint density at radius 1 is 1.20 bits per heavy atom. The summed E-state index contributed by atoms with van der Waals surface area (Å²) in [5, 5.41) is -1.24. The summed E-state index contributed by atoms with van der Waals surface area (Å²) in [6.45, 7) is 2.20. The minimum Gasteiger partial charge on any atom is -0.382 e. The normalized spacial score (nSPS) is 19.8. The number of ether oxygens (including phenoxy) is 3. The smallest absolute Gasteiger partial charge is 0.307 e. The Morgan fingerprint density at radius 3 is 2.35 bits per heavy atom. The molecule has 1 unspecified atom stereocenters. The highest BCUT2D eigenvalue weighted by atomic mass is 32.3. The van der Waals surface area contributed by atoms with Gasteiger partial charge in [-0.15, -0.1) is 3.89 Å². The summed E-state index contributed by atoms with van der Waals surface area (Å²) in [7, 11) is -3.07. The van der Waals surface area contributed by atoms with Crippen LogP contribution in [0.2, 0.25) is 0 Å². The summed E-state index contributed by atoms with van der Waals surface area (Å²) >= 11 is 0. The average molecular weight is 313 g/mol. The lowest BCUT2D eigenvalue weighted by Gasteiger charge is -2.15. The molecule has 9 heteroatoms. The molecule has 7 nitrogen and oxygen atoms in total. The zero-order valence-electron chi connectivity index (χ0n) is 11.4. The number of methoxy groups -OCH3 is 1. The zero-order valence-corrected chi connectivity index (χ0v) is 12.2. The highest BCUT2D eigenvalue weighted by Gasteiger charge is 2.37. The molecule has 0 spiro atoms. The number of carbonyl (C=O) groups is 1. The van der Waals surface area contributed by atoms with Crippen LogP contribution < -0.4 is 0 Å². The predicted molar refractivity (Wildman–Crippen MR) is 68.5 cm³/mol. The molecule has 1 amide bonds. The van der Waals surface area contributed by atoms with Gasteiger partial charge >= 0.3 is 10.2 Å². The maximum atomic E-state index is 12.8. The summed E-state index contributed by atoms with van der Waals surface area (Å²) in [6, 6.07) is 0. The second-order valence-corrected chi connectivity index (χ2v) is 5.98. The summed E-state index contributed by atoms with van der Waals surface area (Å²) in [6.07, 6.45) is -0.293. The first-order chi connectivity index (χ1) is 9.45. The van der Waals surface area contributed by atoms with Gasteiger partial charge in [-0.2, -0.15) is 8.42 Å². The summed E-state index contributed by atoms with van der Waals surface area (Å²) in [5.74, 6) is -0.365. The molecule has 1 saturated heterocycles. The zero-order chi connectivity index (χ0) is 15.0. The fourth-order valence-electron chi connectivity index (χ4n) is 1.78. The number of amides is 1. The van der Waals surface area contributed by atoms with Crippen LogP contribution in [-0.4, -0.2) is 77.7 Å². The van der Waals surface area contributed by atoms with Crippen molar-refractivity contribution in [1.29, 1.82) is 0 Å². The van der Waals surface area contributed by atoms with Gasteiger partial charge in [0.05, 0.1) is 33.0 Å². The van der Waals surface area contributed by atoms with E-state index in [1.807, 2.05) is 0 Å². The van der Waals surface area contributed by atoms with Gasteiger partial charge in [0.1, 0.15) is 5.25 Å². The van der Waals surface area contributed by atoms with Crippen molar-refractivity contribution >= 4 is 16.1 Å². The number of hydrogen-bond donors (Lipinski definition) is 0. The Kier molecular flexibility index (Phi) is 7.35. The highest BCUT2D eigenvalue weighted by molar-refractivity contribution is 7.87. The molecule has 0 aromatic rings. The van der Waals surface area contributed by atoms with Crippen LogP contribution in [-0.2, 0) is 29.2 Å². The van der Waals surface area contributed by atoms with Crippen molar-refractivity contribution < 1.29 is 31.3 Å². The number of hydrogen-bond acceptors (Lipinski definition) is 6. The molecular weight excluding hydrogens is 293 g/mol. The van der Waals surface area contributed by atoms with Crippen LogP contribution in [0.3, 0.4) is 0 Å². The Bertz CT molecular complexity index is 402. The Balaban J connectivity index is 2.09. The lowest BCUT2D eigenvalue weighted by atomic mass is 10.4. The molecule has 1 aliphatic rings. The molecule has 0 bridgehead atoms. The van der Waals surface area contributed by atoms with Crippen LogP contribution in [0.4, 0.5) is 3.89 Å². The molecule has 20 heavy (non-hydrogen) atoms. The van der Waals surface area contributed by atoms with Gasteiger partial charge in [-0.05, 0) is 0 Å². The average Bonchev–Trinajstić information content (AvgIpc) is 2.74. The molecule has 1 atom stereocenters. The second-order valence-electron chi connectivity index (χ2n) is 4.36. The van der Waals surface area contributed by atoms with E-state index in [4.69, 9.17) is 14.2 Å². The van der Waals surface area contributed by atoms with Crippen LogP contribution in [0, 0.1) is 0 Å². The van der Waals surface area contributed by atoms with E-state index in [1.165, 1.54) is 4.90 Å². The van der Waals surface area contributed by atoms with Gasteiger partial charge in [0.25, 0.3) is 0 Å². The van der Waals surface area contributed by atoms with Gasteiger partial charge in [-0.3, -0.25) is 4.79 Å². The molecule has 0 radical (unpaired) electrons. The molecule has 0 N–H and O–H groups in total. The summed E-state index contributed by atoms with van der Waals surface area (Å²) in [4.78, 5) is 12.8. The molecular formula is C11H20FNO6S. The molecule has 0 aromatic carbocycles. The van der Waals surface area contributed by atoms with E-state index in [1.54, 1.807) is 7.11 Å². The Morgan fingerprint density at radius 2 is 1.80 bits per heavy atom. The van der Waals surface area contributed by atoms with Crippen molar-refractivity contribution in [3.63, 3.8) is 0 Å². The molecule has 0 saturated carbocycles. The van der Waals surface area contributed by atoms with E-state index in [0.717, 1.165) is 0 Å². The number of rotatable bonds is 10. The molecule has 1 fully saturated rings. The SMILES string of the molecule is COCCOCCOCCN1CC(S(=O)(=O)F)CC1=O. The maximum absolute atomic E-state index is 12.8. The molecule has 0 aliphatic carbocycles. The predicted octanol–water partition coefficient (Wildman–Crippen LogP) is -0.434. The van der Waals surface area contributed by atoms with Crippen LogP contribution in [0.15, 0.2) is 0 Å². The van der Waals surface area contributed by atoms with Gasteiger partial charge in [-0.1, -0.05) is 0 Å². The second kappa shape index (κ2) is 8.50. The summed E-state index contributed by atoms with van der Waals surface area (Å²) in [5.41, 5.74) is 0. The van der Waals surface area contributed by atoms with Gasteiger partial charge in [0.2, 0.25) is 5.91 Å². The number of carbonyl (C=O) groups excluding carboxylic acids is 1. The minimum absolute atomic E-state index is 0.106. The van der Waals surface area contributed by atoms with Crippen molar-refractivity contribution in [2.45, 2.75) is 11.7 Å². The third kappa shape index (κ3) is 6.12. The largest absolute Gasteiger partial charge is 0.382 e. The molecule has 118 valence electrons. The van der Waals surface area contributed by atoms with Crippen molar-refractivity contribution in [2.24, 2.45) is 0 Å². The third-order valence-electron chi connectivity index (χ3n) is 2.89. The fraction of sp³-hybridized carbons (Fsp3) is 0.909. The topological polar surface area (TPSA) is 82.1 Å². The first kappa shape index (κ1) is 17.3. The van der Waals surface area contributed by atoms with Crippen molar-refractivity contribution in [1.82, 2.24) is 4.90 Å². The number of likely N-dealkylation sites (tertiary alicyclic amines) is 1. The molecule has 0 aromatic heterocycles.